The predicted octanol–water partition coefficient (Wildman–Crippen LogP) is 3.27. The van der Waals surface area contributed by atoms with Gasteiger partial charge in [-0.15, -0.1) is 0 Å². The van der Waals surface area contributed by atoms with Gasteiger partial charge in [-0.25, -0.2) is 8.42 Å². The molecular formula is C20H21N3O4S. The minimum Gasteiger partial charge on any atom is -0.493 e. The van der Waals surface area contributed by atoms with E-state index in [1.54, 1.807) is 26.5 Å². The Morgan fingerprint density at radius 2 is 1.82 bits per heavy atom. The highest BCUT2D eigenvalue weighted by atomic mass is 32.2. The molecule has 28 heavy (non-hydrogen) atoms. The summed E-state index contributed by atoms with van der Waals surface area (Å²) in [6.07, 6.45) is 3.66. The number of hydrogen-bond donors (Lipinski definition) is 2. The van der Waals surface area contributed by atoms with E-state index in [-0.39, 0.29) is 0 Å². The quantitative estimate of drug-likeness (QED) is 0.641. The molecule has 0 fully saturated rings. The van der Waals surface area contributed by atoms with E-state index in [2.05, 4.69) is 14.6 Å². The second-order valence-corrected chi connectivity index (χ2v) is 7.26. The topological polar surface area (TPSA) is 80.8 Å². The van der Waals surface area contributed by atoms with Crippen molar-refractivity contribution in [1.29, 1.82) is 0 Å². The summed E-state index contributed by atoms with van der Waals surface area (Å²) in [6.45, 7) is 0.864. The summed E-state index contributed by atoms with van der Waals surface area (Å²) < 4.78 is 35.3. The molecule has 0 atom stereocenters. The van der Waals surface area contributed by atoms with Gasteiger partial charge in [-0.2, -0.15) is 0 Å². The first-order valence-corrected chi connectivity index (χ1v) is 10.1. The van der Waals surface area contributed by atoms with Gasteiger partial charge in [0.1, 0.15) is 0 Å². The first-order valence-electron chi connectivity index (χ1n) is 8.93. The molecule has 1 aliphatic heterocycles. The molecule has 0 saturated carbocycles. The number of nitrogens with zero attached hydrogens (tertiary/aromatic N) is 2. The minimum absolute atomic E-state index is 0.586. The Morgan fingerprint density at radius 1 is 1.04 bits per heavy atom. The molecule has 0 spiro atoms. The SMILES string of the molecule is COc1cc2nccc(N3CCCc4cc(N[SH](=O)=O)ccc43)c2cc1OC. The average molecular weight is 399 g/mol. The van der Waals surface area contributed by atoms with Crippen LogP contribution in [0.5, 0.6) is 11.5 Å². The lowest BCUT2D eigenvalue weighted by molar-refractivity contribution is 0.356. The molecule has 8 heteroatoms. The number of benzene rings is 2. The maximum absolute atomic E-state index is 11.0. The van der Waals surface area contributed by atoms with Crippen LogP contribution in [0, 0.1) is 0 Å². The van der Waals surface area contributed by atoms with Crippen molar-refractivity contribution >= 4 is 38.9 Å². The lowest BCUT2D eigenvalue weighted by Crippen LogP contribution is -2.24. The van der Waals surface area contributed by atoms with Crippen molar-refractivity contribution in [3.63, 3.8) is 0 Å². The van der Waals surface area contributed by atoms with Crippen molar-refractivity contribution < 1.29 is 17.9 Å². The number of aryl methyl sites for hydroxylation is 1. The zero-order valence-corrected chi connectivity index (χ0v) is 16.5. The Bertz CT molecular complexity index is 1110. The van der Waals surface area contributed by atoms with Crippen LogP contribution in [0.2, 0.25) is 0 Å². The van der Waals surface area contributed by atoms with Gasteiger partial charge in [-0.05, 0) is 48.7 Å². The molecule has 0 aliphatic carbocycles. The minimum atomic E-state index is -2.68. The van der Waals surface area contributed by atoms with E-state index in [9.17, 15) is 8.42 Å². The highest BCUT2D eigenvalue weighted by molar-refractivity contribution is 7.73. The number of rotatable bonds is 5. The lowest BCUT2D eigenvalue weighted by Gasteiger charge is -2.32. The standard InChI is InChI=1S/C20H21N3O4S/c1-26-19-11-15-16(12-20(19)27-2)21-8-7-18(15)23-9-3-4-13-10-14(22-28(24)25)5-6-17(13)23/h5-8,10-12,28H,3-4,9H2,1-2H3,(H,22,24,25). The van der Waals surface area contributed by atoms with Crippen molar-refractivity contribution in [2.45, 2.75) is 12.8 Å². The fourth-order valence-electron chi connectivity index (χ4n) is 3.72. The number of hydrogen-bond acceptors (Lipinski definition) is 6. The Kier molecular flexibility index (Phi) is 4.95. The summed E-state index contributed by atoms with van der Waals surface area (Å²) in [5.41, 5.74) is 4.62. The van der Waals surface area contributed by atoms with E-state index in [0.717, 1.165) is 47.2 Å². The van der Waals surface area contributed by atoms with Crippen molar-refractivity contribution in [3.05, 3.63) is 48.2 Å². The van der Waals surface area contributed by atoms with Gasteiger partial charge < -0.3 is 14.4 Å². The summed E-state index contributed by atoms with van der Waals surface area (Å²) >= 11 is 0. The van der Waals surface area contributed by atoms with Gasteiger partial charge in [0.2, 0.25) is 10.9 Å². The van der Waals surface area contributed by atoms with Gasteiger partial charge in [-0.1, -0.05) is 0 Å². The van der Waals surface area contributed by atoms with Gasteiger partial charge in [0.05, 0.1) is 25.4 Å². The molecule has 3 aromatic rings. The molecule has 0 bridgehead atoms. The maximum atomic E-state index is 11.0. The first-order chi connectivity index (χ1) is 13.6. The second kappa shape index (κ2) is 7.55. The number of pyridine rings is 1. The predicted molar refractivity (Wildman–Crippen MR) is 111 cm³/mol. The molecule has 2 heterocycles. The van der Waals surface area contributed by atoms with Crippen LogP contribution in [0.15, 0.2) is 42.6 Å². The molecule has 0 radical (unpaired) electrons. The molecule has 1 N–H and O–H groups in total. The highest BCUT2D eigenvalue weighted by Crippen LogP contribution is 2.40. The van der Waals surface area contributed by atoms with Crippen LogP contribution in [0.1, 0.15) is 12.0 Å². The van der Waals surface area contributed by atoms with Gasteiger partial charge in [0.25, 0.3) is 0 Å². The van der Waals surface area contributed by atoms with Gasteiger partial charge in [0, 0.05) is 35.6 Å². The average Bonchev–Trinajstić information content (AvgIpc) is 2.71. The Hall–Kier alpha value is -3.00. The molecule has 0 unspecified atom stereocenters. The number of aromatic nitrogens is 1. The van der Waals surface area contributed by atoms with E-state index in [1.165, 1.54) is 0 Å². The van der Waals surface area contributed by atoms with Crippen LogP contribution in [0.3, 0.4) is 0 Å². The molecule has 7 nitrogen and oxygen atoms in total. The maximum Gasteiger partial charge on any atom is 0.222 e. The third-order valence-corrected chi connectivity index (χ3v) is 5.37. The van der Waals surface area contributed by atoms with Crippen LogP contribution in [0.4, 0.5) is 17.1 Å². The molecule has 1 aliphatic rings. The van der Waals surface area contributed by atoms with E-state index < -0.39 is 10.9 Å². The van der Waals surface area contributed by atoms with Crippen molar-refractivity contribution in [2.24, 2.45) is 0 Å². The van der Waals surface area contributed by atoms with E-state index in [0.29, 0.717) is 17.2 Å². The highest BCUT2D eigenvalue weighted by Gasteiger charge is 2.21. The summed E-state index contributed by atoms with van der Waals surface area (Å²) in [5.74, 6) is 1.29. The van der Waals surface area contributed by atoms with Gasteiger partial charge in [-0.3, -0.25) is 9.71 Å². The molecule has 1 aromatic heterocycles. The van der Waals surface area contributed by atoms with E-state index in [4.69, 9.17) is 9.47 Å². The number of nitrogens with one attached hydrogen (secondary N) is 1. The van der Waals surface area contributed by atoms with Crippen molar-refractivity contribution in [2.75, 3.05) is 30.4 Å². The molecule has 2 aromatic carbocycles. The Labute approximate surface area is 165 Å². The van der Waals surface area contributed by atoms with Crippen LogP contribution in [0.25, 0.3) is 10.9 Å². The largest absolute Gasteiger partial charge is 0.493 e. The fraction of sp³-hybridized carbons (Fsp3) is 0.250. The first kappa shape index (κ1) is 18.4. The third-order valence-electron chi connectivity index (χ3n) is 4.93. The molecule has 4 rings (SSSR count). The number of anilines is 3. The van der Waals surface area contributed by atoms with Gasteiger partial charge in [0.15, 0.2) is 11.5 Å². The summed E-state index contributed by atoms with van der Waals surface area (Å²) in [7, 11) is 0.547. The molecular weight excluding hydrogens is 378 g/mol. The zero-order chi connectivity index (χ0) is 19.7. The normalized spacial score (nSPS) is 13.5. The molecule has 0 saturated heterocycles. The third kappa shape index (κ3) is 3.31. The zero-order valence-electron chi connectivity index (χ0n) is 15.6. The number of methoxy groups -OCH3 is 2. The Balaban J connectivity index is 1.83. The van der Waals surface area contributed by atoms with E-state index in [1.807, 2.05) is 30.3 Å². The second-order valence-electron chi connectivity index (χ2n) is 6.52. The van der Waals surface area contributed by atoms with Crippen LogP contribution < -0.4 is 19.1 Å². The van der Waals surface area contributed by atoms with Crippen LogP contribution in [-0.2, 0) is 17.3 Å². The number of fused-ring (bicyclic) bond motifs is 2. The smallest absolute Gasteiger partial charge is 0.222 e. The van der Waals surface area contributed by atoms with Crippen molar-refractivity contribution in [1.82, 2.24) is 4.98 Å². The molecule has 0 amide bonds. The number of thiol groups is 1. The van der Waals surface area contributed by atoms with Gasteiger partial charge >= 0.3 is 0 Å². The fourth-order valence-corrected chi connectivity index (χ4v) is 4.07. The lowest BCUT2D eigenvalue weighted by atomic mass is 9.99. The van der Waals surface area contributed by atoms with E-state index >= 15 is 0 Å². The summed E-state index contributed by atoms with van der Waals surface area (Å²) in [5, 5.41) is 0.970. The monoisotopic (exact) mass is 399 g/mol. The molecule has 146 valence electrons. The number of ether oxygens (including phenoxy) is 2. The summed E-state index contributed by atoms with van der Waals surface area (Å²) in [6, 6.07) is 11.5. The Morgan fingerprint density at radius 3 is 2.57 bits per heavy atom. The van der Waals surface area contributed by atoms with Crippen molar-refractivity contribution in [3.8, 4) is 11.5 Å². The summed E-state index contributed by atoms with van der Waals surface area (Å²) in [4.78, 5) is 6.73. The van der Waals surface area contributed by atoms with Crippen LogP contribution >= 0.6 is 0 Å². The van der Waals surface area contributed by atoms with Crippen LogP contribution in [-0.4, -0.2) is 34.2 Å².